The van der Waals surface area contributed by atoms with E-state index >= 15 is 0 Å². The van der Waals surface area contributed by atoms with E-state index in [4.69, 9.17) is 4.74 Å². The predicted molar refractivity (Wildman–Crippen MR) is 124 cm³/mol. The minimum Gasteiger partial charge on any atom is -0.361 e. The number of nitrogens with one attached hydrogen (secondary N) is 1. The molecule has 1 N–H and O–H groups in total. The standard InChI is InChI=1S/C25H30F3NO4S/c1-3-4-15-33-24(2,25(26,27)28)20-9-11-21(12-10-20)29-23(30)16-18-7-13-22(14-8-18)34(31,32)17-19-5-6-19/h7-14,19H,3-6,15-17H2,1-2H3,(H,29,30). The molecule has 1 amide bonds. The van der Waals surface area contributed by atoms with Crippen LogP contribution in [0.5, 0.6) is 0 Å². The SMILES string of the molecule is CCCCOC(C)(c1ccc(NC(=O)Cc2ccc(S(=O)(=O)CC3CC3)cc2)cc1)C(F)(F)F. The number of halogens is 3. The van der Waals surface area contributed by atoms with Crippen molar-refractivity contribution in [3.63, 3.8) is 0 Å². The molecule has 0 radical (unpaired) electrons. The fourth-order valence-corrected chi connectivity index (χ4v) is 5.21. The zero-order valence-corrected chi connectivity index (χ0v) is 20.1. The van der Waals surface area contributed by atoms with Crippen LogP contribution in [0, 0.1) is 5.92 Å². The largest absolute Gasteiger partial charge is 0.421 e. The van der Waals surface area contributed by atoms with E-state index in [1.165, 1.54) is 36.4 Å². The molecule has 3 rings (SSSR count). The van der Waals surface area contributed by atoms with Crippen molar-refractivity contribution in [2.45, 2.75) is 62.6 Å². The number of hydrogen-bond acceptors (Lipinski definition) is 4. The van der Waals surface area contributed by atoms with Gasteiger partial charge in [-0.25, -0.2) is 8.42 Å². The quantitative estimate of drug-likeness (QED) is 0.408. The van der Waals surface area contributed by atoms with Crippen molar-refractivity contribution in [2.75, 3.05) is 17.7 Å². The van der Waals surface area contributed by atoms with Crippen LogP contribution >= 0.6 is 0 Å². The van der Waals surface area contributed by atoms with E-state index in [9.17, 15) is 26.4 Å². The second-order valence-electron chi connectivity index (χ2n) is 8.90. The topological polar surface area (TPSA) is 72.5 Å². The van der Waals surface area contributed by atoms with Gasteiger partial charge >= 0.3 is 6.18 Å². The van der Waals surface area contributed by atoms with Crippen LogP contribution in [0.3, 0.4) is 0 Å². The Kier molecular flexibility index (Phi) is 8.08. The first-order valence-electron chi connectivity index (χ1n) is 11.4. The smallest absolute Gasteiger partial charge is 0.361 e. The first-order chi connectivity index (χ1) is 15.9. The molecule has 1 atom stereocenters. The molecule has 1 aliphatic rings. The maximum absolute atomic E-state index is 13.7. The lowest BCUT2D eigenvalue weighted by molar-refractivity contribution is -0.277. The molecule has 5 nitrogen and oxygen atoms in total. The van der Waals surface area contributed by atoms with Gasteiger partial charge in [-0.05, 0) is 67.5 Å². The summed E-state index contributed by atoms with van der Waals surface area (Å²) in [5.41, 5.74) is -1.49. The summed E-state index contributed by atoms with van der Waals surface area (Å²) >= 11 is 0. The number of carbonyl (C=O) groups is 1. The number of carbonyl (C=O) groups excluding carboxylic acids is 1. The number of rotatable bonds is 11. The summed E-state index contributed by atoms with van der Waals surface area (Å²) in [5, 5.41) is 2.66. The van der Waals surface area contributed by atoms with Crippen molar-refractivity contribution in [2.24, 2.45) is 5.92 Å². The second-order valence-corrected chi connectivity index (χ2v) is 10.9. The number of hydrogen-bond donors (Lipinski definition) is 1. The van der Waals surface area contributed by atoms with E-state index < -0.39 is 21.6 Å². The Morgan fingerprint density at radius 2 is 1.68 bits per heavy atom. The number of amides is 1. The summed E-state index contributed by atoms with van der Waals surface area (Å²) in [5.74, 6) is 0.0395. The molecule has 0 bridgehead atoms. The molecule has 186 valence electrons. The van der Waals surface area contributed by atoms with Crippen molar-refractivity contribution in [3.05, 3.63) is 59.7 Å². The predicted octanol–water partition coefficient (Wildman–Crippen LogP) is 5.65. The molecule has 34 heavy (non-hydrogen) atoms. The van der Waals surface area contributed by atoms with Crippen molar-refractivity contribution in [3.8, 4) is 0 Å². The van der Waals surface area contributed by atoms with Gasteiger partial charge < -0.3 is 10.1 Å². The molecule has 0 aromatic heterocycles. The number of anilines is 1. The maximum atomic E-state index is 13.7. The summed E-state index contributed by atoms with van der Waals surface area (Å²) in [7, 11) is -3.32. The Balaban J connectivity index is 1.62. The minimum atomic E-state index is -4.59. The molecule has 1 fully saturated rings. The lowest BCUT2D eigenvalue weighted by Crippen LogP contribution is -2.42. The third-order valence-corrected chi connectivity index (χ3v) is 7.85. The highest BCUT2D eigenvalue weighted by molar-refractivity contribution is 7.91. The lowest BCUT2D eigenvalue weighted by Gasteiger charge is -2.32. The molecule has 0 aliphatic heterocycles. The first-order valence-corrected chi connectivity index (χ1v) is 13.0. The third kappa shape index (κ3) is 6.60. The Labute approximate surface area is 198 Å². The molecule has 1 unspecified atom stereocenters. The number of sulfone groups is 1. The van der Waals surface area contributed by atoms with E-state index in [1.54, 1.807) is 12.1 Å². The normalized spacial score (nSPS) is 16.1. The van der Waals surface area contributed by atoms with Gasteiger partial charge in [0.2, 0.25) is 5.91 Å². The Morgan fingerprint density at radius 3 is 2.21 bits per heavy atom. The molecule has 9 heteroatoms. The van der Waals surface area contributed by atoms with Gasteiger partial charge in [-0.3, -0.25) is 4.79 Å². The lowest BCUT2D eigenvalue weighted by atomic mass is 9.94. The fourth-order valence-electron chi connectivity index (χ4n) is 3.52. The summed E-state index contributed by atoms with van der Waals surface area (Å²) in [6.45, 7) is 2.87. The van der Waals surface area contributed by atoms with E-state index in [0.29, 0.717) is 17.7 Å². The first kappa shape index (κ1) is 26.2. The van der Waals surface area contributed by atoms with Crippen LogP contribution in [0.4, 0.5) is 18.9 Å². The number of benzene rings is 2. The average Bonchev–Trinajstić information content (AvgIpc) is 3.57. The van der Waals surface area contributed by atoms with Crippen LogP contribution < -0.4 is 5.32 Å². The van der Waals surface area contributed by atoms with Crippen LogP contribution in [0.2, 0.25) is 0 Å². The van der Waals surface area contributed by atoms with E-state index in [1.807, 2.05) is 6.92 Å². The Bertz CT molecular complexity index is 1080. The Hall–Kier alpha value is -2.39. The van der Waals surface area contributed by atoms with E-state index in [-0.39, 0.29) is 41.1 Å². The number of unbranched alkanes of at least 4 members (excludes halogenated alkanes) is 1. The molecule has 2 aromatic carbocycles. The number of ether oxygens (including phenoxy) is 1. The van der Waals surface area contributed by atoms with Crippen LogP contribution in [0.25, 0.3) is 0 Å². The summed E-state index contributed by atoms with van der Waals surface area (Å²) in [6, 6.07) is 11.6. The van der Waals surface area contributed by atoms with E-state index in [0.717, 1.165) is 26.2 Å². The van der Waals surface area contributed by atoms with Crippen LogP contribution in [0.15, 0.2) is 53.4 Å². The van der Waals surface area contributed by atoms with Crippen molar-refractivity contribution < 1.29 is 31.1 Å². The molecule has 0 heterocycles. The highest BCUT2D eigenvalue weighted by Gasteiger charge is 2.53. The van der Waals surface area contributed by atoms with E-state index in [2.05, 4.69) is 5.32 Å². The summed E-state index contributed by atoms with van der Waals surface area (Å²) < 4.78 is 71.0. The summed E-state index contributed by atoms with van der Waals surface area (Å²) in [4.78, 5) is 12.6. The third-order valence-electron chi connectivity index (χ3n) is 5.95. The molecule has 1 saturated carbocycles. The second kappa shape index (κ2) is 10.5. The van der Waals surface area contributed by atoms with Gasteiger partial charge in [0.25, 0.3) is 0 Å². The van der Waals surface area contributed by atoms with Gasteiger partial charge in [-0.1, -0.05) is 37.6 Å². The molecule has 0 spiro atoms. The van der Waals surface area contributed by atoms with Crippen molar-refractivity contribution in [1.82, 2.24) is 0 Å². The van der Waals surface area contributed by atoms with Gasteiger partial charge in [0.15, 0.2) is 15.4 Å². The van der Waals surface area contributed by atoms with Crippen LogP contribution in [-0.4, -0.2) is 32.9 Å². The Morgan fingerprint density at radius 1 is 1.06 bits per heavy atom. The molecule has 2 aromatic rings. The minimum absolute atomic E-state index is 0.00506. The van der Waals surface area contributed by atoms with Gasteiger partial charge in [0.1, 0.15) is 0 Å². The fraction of sp³-hybridized carbons (Fsp3) is 0.480. The summed E-state index contributed by atoms with van der Waals surface area (Å²) in [6.07, 6.45) is -1.46. The highest BCUT2D eigenvalue weighted by atomic mass is 32.2. The zero-order valence-electron chi connectivity index (χ0n) is 19.3. The molecule has 1 aliphatic carbocycles. The van der Waals surface area contributed by atoms with Crippen molar-refractivity contribution in [1.29, 1.82) is 0 Å². The van der Waals surface area contributed by atoms with Crippen molar-refractivity contribution >= 4 is 21.4 Å². The average molecular weight is 498 g/mol. The molecular weight excluding hydrogens is 467 g/mol. The van der Waals surface area contributed by atoms with Crippen LogP contribution in [0.1, 0.15) is 50.7 Å². The van der Waals surface area contributed by atoms with Gasteiger partial charge in [0.05, 0.1) is 17.1 Å². The zero-order chi connectivity index (χ0) is 25.0. The van der Waals surface area contributed by atoms with Crippen LogP contribution in [-0.2, 0) is 31.4 Å². The van der Waals surface area contributed by atoms with Gasteiger partial charge in [-0.15, -0.1) is 0 Å². The van der Waals surface area contributed by atoms with Gasteiger partial charge in [0, 0.05) is 12.3 Å². The maximum Gasteiger partial charge on any atom is 0.421 e. The number of alkyl halides is 3. The molecule has 0 saturated heterocycles. The van der Waals surface area contributed by atoms with Gasteiger partial charge in [-0.2, -0.15) is 13.2 Å². The monoisotopic (exact) mass is 497 g/mol. The highest BCUT2D eigenvalue weighted by Crippen LogP contribution is 2.42. The molecular formula is C25H30F3NO4S.